The van der Waals surface area contributed by atoms with Crippen molar-refractivity contribution in [3.05, 3.63) is 57.1 Å². The number of halogens is 1. The minimum Gasteiger partial charge on any atom is -0.0843 e. The van der Waals surface area contributed by atoms with E-state index in [0.717, 1.165) is 5.02 Å². The molecule has 1 aliphatic rings. The van der Waals surface area contributed by atoms with E-state index in [1.807, 2.05) is 12.1 Å². The van der Waals surface area contributed by atoms with Crippen molar-refractivity contribution < 1.29 is 0 Å². The fourth-order valence-electron chi connectivity index (χ4n) is 2.50. The highest BCUT2D eigenvalue weighted by atomic mass is 35.5. The smallest absolute Gasteiger partial charge is 0.0406 e. The van der Waals surface area contributed by atoms with E-state index in [1.54, 1.807) is 0 Å². The molecule has 0 amide bonds. The summed E-state index contributed by atoms with van der Waals surface area (Å²) in [5.41, 5.74) is 7.17. The molecule has 0 aromatic heterocycles. The second kappa shape index (κ2) is 4.10. The number of hydrogen-bond acceptors (Lipinski definition) is 0. The van der Waals surface area contributed by atoms with E-state index in [-0.39, 0.29) is 0 Å². The van der Waals surface area contributed by atoms with Crippen LogP contribution in [0.1, 0.15) is 39.2 Å². The van der Waals surface area contributed by atoms with E-state index in [4.69, 9.17) is 11.6 Å². The van der Waals surface area contributed by atoms with Gasteiger partial charge in [0.05, 0.1) is 0 Å². The average molecular weight is 233 g/mol. The van der Waals surface area contributed by atoms with Crippen LogP contribution < -0.4 is 0 Å². The fourth-order valence-corrected chi connectivity index (χ4v) is 2.63. The third-order valence-electron chi connectivity index (χ3n) is 3.81. The van der Waals surface area contributed by atoms with Gasteiger partial charge < -0.3 is 0 Å². The van der Waals surface area contributed by atoms with Crippen molar-refractivity contribution >= 4 is 11.6 Å². The topological polar surface area (TPSA) is 0 Å². The van der Waals surface area contributed by atoms with Crippen LogP contribution in [-0.2, 0) is 0 Å². The van der Waals surface area contributed by atoms with E-state index in [2.05, 4.69) is 39.8 Å². The van der Waals surface area contributed by atoms with Gasteiger partial charge in [-0.3, -0.25) is 0 Å². The summed E-state index contributed by atoms with van der Waals surface area (Å²) in [6, 6.07) is 8.21. The Morgan fingerprint density at radius 1 is 0.812 bits per heavy atom. The Hall–Kier alpha value is -1.01. The van der Waals surface area contributed by atoms with Gasteiger partial charge in [0.15, 0.2) is 0 Å². The molecule has 0 atom stereocenters. The molecule has 0 unspecified atom stereocenters. The molecule has 1 aliphatic carbocycles. The molecule has 16 heavy (non-hydrogen) atoms. The second-order valence-electron chi connectivity index (χ2n) is 4.60. The lowest BCUT2D eigenvalue weighted by molar-refractivity contribution is 0.935. The molecule has 2 rings (SSSR count). The van der Waals surface area contributed by atoms with Gasteiger partial charge in [0.1, 0.15) is 0 Å². The SMILES string of the molecule is CC1=C(C)C(c2ccc(Cl)cc2)C(C)=C1C. The molecule has 0 N–H and O–H groups in total. The average Bonchev–Trinajstić information content (AvgIpc) is 2.46. The highest BCUT2D eigenvalue weighted by Crippen LogP contribution is 2.43. The van der Waals surface area contributed by atoms with Crippen molar-refractivity contribution in [2.75, 3.05) is 0 Å². The molecule has 0 spiro atoms. The molecule has 0 saturated carbocycles. The molecule has 84 valence electrons. The Morgan fingerprint density at radius 2 is 1.25 bits per heavy atom. The van der Waals surface area contributed by atoms with Crippen molar-refractivity contribution in [2.45, 2.75) is 33.6 Å². The van der Waals surface area contributed by atoms with Gasteiger partial charge in [0.25, 0.3) is 0 Å². The third kappa shape index (κ3) is 1.72. The van der Waals surface area contributed by atoms with Crippen LogP contribution in [0.25, 0.3) is 0 Å². The van der Waals surface area contributed by atoms with Gasteiger partial charge in [0.2, 0.25) is 0 Å². The second-order valence-corrected chi connectivity index (χ2v) is 5.04. The summed E-state index contributed by atoms with van der Waals surface area (Å²) in [7, 11) is 0. The lowest BCUT2D eigenvalue weighted by Gasteiger charge is -2.15. The van der Waals surface area contributed by atoms with Gasteiger partial charge in [-0.2, -0.15) is 0 Å². The van der Waals surface area contributed by atoms with Gasteiger partial charge in [-0.15, -0.1) is 0 Å². The standard InChI is InChI=1S/C15H17Cl/c1-9-10(2)12(4)15(11(9)3)13-5-7-14(16)8-6-13/h5-8,15H,1-4H3. The predicted molar refractivity (Wildman–Crippen MR) is 70.9 cm³/mol. The molecule has 0 radical (unpaired) electrons. The van der Waals surface area contributed by atoms with Crippen LogP contribution in [0.5, 0.6) is 0 Å². The van der Waals surface area contributed by atoms with Crippen molar-refractivity contribution in [3.8, 4) is 0 Å². The maximum Gasteiger partial charge on any atom is 0.0406 e. The molecule has 0 aliphatic heterocycles. The fraction of sp³-hybridized carbons (Fsp3) is 0.333. The van der Waals surface area contributed by atoms with Crippen molar-refractivity contribution in [1.29, 1.82) is 0 Å². The first kappa shape index (κ1) is 11.5. The lowest BCUT2D eigenvalue weighted by Crippen LogP contribution is -1.98. The summed E-state index contributed by atoms with van der Waals surface area (Å²) >= 11 is 5.92. The van der Waals surface area contributed by atoms with Crippen LogP contribution in [0.3, 0.4) is 0 Å². The first-order chi connectivity index (χ1) is 7.52. The summed E-state index contributed by atoms with van der Waals surface area (Å²) in [6.45, 7) is 8.89. The quantitative estimate of drug-likeness (QED) is 0.631. The zero-order valence-electron chi connectivity index (χ0n) is 10.3. The van der Waals surface area contributed by atoms with Crippen molar-refractivity contribution in [1.82, 2.24) is 0 Å². The highest BCUT2D eigenvalue weighted by Gasteiger charge is 2.25. The molecule has 1 aromatic rings. The number of rotatable bonds is 1. The summed E-state index contributed by atoms with van der Waals surface area (Å²) in [4.78, 5) is 0. The van der Waals surface area contributed by atoms with Gasteiger partial charge in [0, 0.05) is 10.9 Å². The summed E-state index contributed by atoms with van der Waals surface area (Å²) in [5, 5.41) is 0.804. The molecule has 0 saturated heterocycles. The molecule has 0 nitrogen and oxygen atoms in total. The third-order valence-corrected chi connectivity index (χ3v) is 4.07. The maximum absolute atomic E-state index is 5.92. The van der Waals surface area contributed by atoms with E-state index in [0.29, 0.717) is 5.92 Å². The van der Waals surface area contributed by atoms with Crippen LogP contribution >= 0.6 is 11.6 Å². The summed E-state index contributed by atoms with van der Waals surface area (Å²) in [5.74, 6) is 0.456. The monoisotopic (exact) mass is 232 g/mol. The van der Waals surface area contributed by atoms with E-state index < -0.39 is 0 Å². The Kier molecular flexibility index (Phi) is 2.94. The molecular formula is C15H17Cl. The predicted octanol–water partition coefficient (Wildman–Crippen LogP) is 5.11. The minimum atomic E-state index is 0.456. The Morgan fingerprint density at radius 3 is 1.69 bits per heavy atom. The first-order valence-corrected chi connectivity index (χ1v) is 6.00. The van der Waals surface area contributed by atoms with E-state index in [9.17, 15) is 0 Å². The maximum atomic E-state index is 5.92. The molecular weight excluding hydrogens is 216 g/mol. The van der Waals surface area contributed by atoms with Gasteiger partial charge in [-0.25, -0.2) is 0 Å². The molecule has 1 heteroatoms. The van der Waals surface area contributed by atoms with Crippen LogP contribution in [0.4, 0.5) is 0 Å². The Bertz CT molecular complexity index is 451. The zero-order valence-corrected chi connectivity index (χ0v) is 11.0. The highest BCUT2D eigenvalue weighted by molar-refractivity contribution is 6.30. The number of benzene rings is 1. The summed E-state index contributed by atoms with van der Waals surface area (Å²) < 4.78 is 0. The van der Waals surface area contributed by atoms with Crippen LogP contribution in [0, 0.1) is 0 Å². The van der Waals surface area contributed by atoms with Crippen LogP contribution in [-0.4, -0.2) is 0 Å². The zero-order chi connectivity index (χ0) is 11.9. The molecule has 0 bridgehead atoms. The van der Waals surface area contributed by atoms with Crippen LogP contribution in [0.2, 0.25) is 5.02 Å². The van der Waals surface area contributed by atoms with E-state index in [1.165, 1.54) is 27.9 Å². The van der Waals surface area contributed by atoms with Crippen molar-refractivity contribution in [3.63, 3.8) is 0 Å². The summed E-state index contributed by atoms with van der Waals surface area (Å²) in [6.07, 6.45) is 0. The first-order valence-electron chi connectivity index (χ1n) is 5.63. The van der Waals surface area contributed by atoms with Crippen molar-refractivity contribution in [2.24, 2.45) is 0 Å². The molecule has 0 fully saturated rings. The van der Waals surface area contributed by atoms with E-state index >= 15 is 0 Å². The Labute approximate surface area is 103 Å². The molecule has 1 aromatic carbocycles. The van der Waals surface area contributed by atoms with Gasteiger partial charge >= 0.3 is 0 Å². The normalized spacial score (nSPS) is 17.6. The minimum absolute atomic E-state index is 0.456. The largest absolute Gasteiger partial charge is 0.0843 e. The Balaban J connectivity index is 2.47. The number of allylic oxidation sites excluding steroid dienone is 4. The van der Waals surface area contributed by atoms with Gasteiger partial charge in [-0.1, -0.05) is 34.9 Å². The van der Waals surface area contributed by atoms with Gasteiger partial charge in [-0.05, 0) is 56.5 Å². The van der Waals surface area contributed by atoms with Crippen LogP contribution in [0.15, 0.2) is 46.6 Å². The number of hydrogen-bond donors (Lipinski definition) is 0. The lowest BCUT2D eigenvalue weighted by atomic mass is 9.89. The molecule has 0 heterocycles.